The van der Waals surface area contributed by atoms with E-state index < -0.39 is 10.0 Å². The van der Waals surface area contributed by atoms with E-state index >= 15 is 0 Å². The summed E-state index contributed by atoms with van der Waals surface area (Å²) in [6, 6.07) is 10.6. The van der Waals surface area contributed by atoms with Crippen LogP contribution in [0.25, 0.3) is 11.0 Å². The summed E-state index contributed by atoms with van der Waals surface area (Å²) in [5.41, 5.74) is 2.28. The van der Waals surface area contributed by atoms with Crippen LogP contribution in [-0.4, -0.2) is 17.4 Å². The molecule has 0 unspecified atom stereocenters. The zero-order valence-electron chi connectivity index (χ0n) is 11.5. The van der Waals surface area contributed by atoms with Gasteiger partial charge in [-0.05, 0) is 60.7 Å². The molecular weight excluding hydrogens is 399 g/mol. The third-order valence-corrected chi connectivity index (χ3v) is 5.81. The molecule has 0 bridgehead atoms. The summed E-state index contributed by atoms with van der Waals surface area (Å²) in [4.78, 5) is 4.65. The Balaban J connectivity index is 2.28. The van der Waals surface area contributed by atoms with Gasteiger partial charge in [0.2, 0.25) is 0 Å². The predicted octanol–water partition coefficient (Wildman–Crippen LogP) is 3.49. The molecule has 2 aromatic heterocycles. The zero-order valence-corrected chi connectivity index (χ0v) is 14.5. The topological polar surface area (TPSA) is 52.0 Å². The second kappa shape index (κ2) is 5.10. The first-order valence-electron chi connectivity index (χ1n) is 6.36. The number of hydrogen-bond donors (Lipinski definition) is 0. The lowest BCUT2D eigenvalue weighted by Gasteiger charge is -2.07. The van der Waals surface area contributed by atoms with Crippen LogP contribution < -0.4 is 0 Å². The third kappa shape index (κ3) is 2.46. The smallest absolute Gasteiger partial charge is 0.234 e. The summed E-state index contributed by atoms with van der Waals surface area (Å²) >= 11 is 2.13. The Morgan fingerprint density at radius 2 is 1.71 bits per heavy atom. The Kier molecular flexibility index (Phi) is 3.53. The van der Waals surface area contributed by atoms with E-state index in [0.717, 1.165) is 20.2 Å². The van der Waals surface area contributed by atoms with Crippen molar-refractivity contribution in [2.45, 2.75) is 18.7 Å². The molecule has 0 aliphatic heterocycles. The van der Waals surface area contributed by atoms with Gasteiger partial charge in [-0.15, -0.1) is 0 Å². The molecule has 0 saturated carbocycles. The second-order valence-corrected chi connectivity index (χ2v) is 7.89. The van der Waals surface area contributed by atoms with Crippen molar-refractivity contribution in [1.29, 1.82) is 0 Å². The fraction of sp³-hybridized carbons (Fsp3) is 0.133. The molecule has 0 radical (unpaired) electrons. The molecule has 6 heteroatoms. The molecule has 0 N–H and O–H groups in total. The molecule has 0 aliphatic carbocycles. The number of benzene rings is 1. The summed E-state index contributed by atoms with van der Waals surface area (Å²) in [5, 5.41) is 0.844. The van der Waals surface area contributed by atoms with E-state index in [0.29, 0.717) is 5.65 Å². The lowest BCUT2D eigenvalue weighted by molar-refractivity contribution is 0.588. The van der Waals surface area contributed by atoms with Crippen LogP contribution in [-0.2, 0) is 10.0 Å². The van der Waals surface area contributed by atoms with Crippen LogP contribution in [0.2, 0.25) is 0 Å². The van der Waals surface area contributed by atoms with Gasteiger partial charge in [0.15, 0.2) is 5.65 Å². The summed E-state index contributed by atoms with van der Waals surface area (Å²) in [5.74, 6) is 0. The molecule has 0 fully saturated rings. The van der Waals surface area contributed by atoms with Gasteiger partial charge in [0.1, 0.15) is 0 Å². The molecule has 108 valence electrons. The third-order valence-electron chi connectivity index (χ3n) is 3.29. The predicted molar refractivity (Wildman–Crippen MR) is 90.9 cm³/mol. The van der Waals surface area contributed by atoms with Gasteiger partial charge >= 0.3 is 0 Å². The van der Waals surface area contributed by atoms with Crippen LogP contribution in [0.5, 0.6) is 0 Å². The minimum Gasteiger partial charge on any atom is -0.234 e. The van der Waals surface area contributed by atoms with Crippen molar-refractivity contribution in [2.75, 3.05) is 0 Å². The molecule has 0 aliphatic rings. The number of nitrogens with zero attached hydrogens (tertiary/aromatic N) is 2. The Bertz CT molecular complexity index is 928. The maximum absolute atomic E-state index is 12.8. The zero-order chi connectivity index (χ0) is 15.2. The first kappa shape index (κ1) is 14.5. The Labute approximate surface area is 137 Å². The largest absolute Gasteiger partial charge is 0.269 e. The molecular formula is C15H13IN2O2S. The Morgan fingerprint density at radius 3 is 2.38 bits per heavy atom. The van der Waals surface area contributed by atoms with Gasteiger partial charge in [-0.1, -0.05) is 17.7 Å². The molecule has 4 nitrogen and oxygen atoms in total. The maximum atomic E-state index is 12.8. The number of rotatable bonds is 2. The van der Waals surface area contributed by atoms with E-state index in [1.807, 2.05) is 26.0 Å². The Morgan fingerprint density at radius 1 is 1.05 bits per heavy atom. The molecule has 3 aromatic rings. The van der Waals surface area contributed by atoms with Gasteiger partial charge in [-0.25, -0.2) is 17.4 Å². The molecule has 2 heterocycles. The van der Waals surface area contributed by atoms with Crippen LogP contribution in [0.4, 0.5) is 0 Å². The average molecular weight is 412 g/mol. The molecule has 0 atom stereocenters. The number of pyridine rings is 1. The van der Waals surface area contributed by atoms with Crippen LogP contribution >= 0.6 is 22.6 Å². The normalized spacial score (nSPS) is 12.0. The van der Waals surface area contributed by atoms with E-state index in [1.165, 1.54) is 3.97 Å². The van der Waals surface area contributed by atoms with Crippen molar-refractivity contribution < 1.29 is 8.42 Å². The van der Waals surface area contributed by atoms with Crippen LogP contribution in [0.1, 0.15) is 11.3 Å². The summed E-state index contributed by atoms with van der Waals surface area (Å²) in [7, 11) is -3.63. The second-order valence-electron chi connectivity index (χ2n) is 4.91. The summed E-state index contributed by atoms with van der Waals surface area (Å²) in [6.45, 7) is 3.78. The Hall–Kier alpha value is -1.41. The number of hydrogen-bond acceptors (Lipinski definition) is 3. The average Bonchev–Trinajstić information content (AvgIpc) is 2.76. The van der Waals surface area contributed by atoms with Crippen molar-refractivity contribution in [3.05, 3.63) is 57.4 Å². The lowest BCUT2D eigenvalue weighted by atomic mass is 10.2. The van der Waals surface area contributed by atoms with Crippen molar-refractivity contribution >= 4 is 43.6 Å². The van der Waals surface area contributed by atoms with Crippen molar-refractivity contribution in [1.82, 2.24) is 8.96 Å². The van der Waals surface area contributed by atoms with Gasteiger partial charge in [0.25, 0.3) is 10.0 Å². The molecule has 21 heavy (non-hydrogen) atoms. The highest BCUT2D eigenvalue weighted by atomic mass is 127. The van der Waals surface area contributed by atoms with E-state index in [4.69, 9.17) is 0 Å². The van der Waals surface area contributed by atoms with Crippen LogP contribution in [0.15, 0.2) is 47.5 Å². The monoisotopic (exact) mass is 412 g/mol. The highest BCUT2D eigenvalue weighted by Crippen LogP contribution is 2.26. The first-order chi connectivity index (χ1) is 9.89. The number of aromatic nitrogens is 2. The van der Waals surface area contributed by atoms with Gasteiger partial charge in [-0.2, -0.15) is 0 Å². The van der Waals surface area contributed by atoms with Gasteiger partial charge < -0.3 is 0 Å². The quantitative estimate of drug-likeness (QED) is 0.606. The maximum Gasteiger partial charge on any atom is 0.269 e. The van der Waals surface area contributed by atoms with Crippen molar-refractivity contribution in [3.63, 3.8) is 0 Å². The number of halogens is 1. The summed E-state index contributed by atoms with van der Waals surface area (Å²) < 4.78 is 27.7. The molecule has 0 saturated heterocycles. The number of fused-ring (bicyclic) bond motifs is 1. The highest BCUT2D eigenvalue weighted by Gasteiger charge is 2.21. The lowest BCUT2D eigenvalue weighted by Crippen LogP contribution is -2.12. The van der Waals surface area contributed by atoms with E-state index in [-0.39, 0.29) is 4.90 Å². The van der Waals surface area contributed by atoms with E-state index in [2.05, 4.69) is 27.6 Å². The molecule has 0 amide bonds. The minimum absolute atomic E-state index is 0.268. The van der Waals surface area contributed by atoms with Gasteiger partial charge in [-0.3, -0.25) is 0 Å². The van der Waals surface area contributed by atoms with E-state index in [1.54, 1.807) is 30.5 Å². The van der Waals surface area contributed by atoms with Gasteiger partial charge in [0, 0.05) is 20.8 Å². The van der Waals surface area contributed by atoms with Crippen molar-refractivity contribution in [3.8, 4) is 0 Å². The van der Waals surface area contributed by atoms with Crippen LogP contribution in [0, 0.1) is 17.4 Å². The highest BCUT2D eigenvalue weighted by molar-refractivity contribution is 14.1. The van der Waals surface area contributed by atoms with Crippen LogP contribution in [0.3, 0.4) is 0 Å². The molecule has 3 rings (SSSR count). The van der Waals surface area contributed by atoms with Crippen molar-refractivity contribution in [2.24, 2.45) is 0 Å². The fourth-order valence-electron chi connectivity index (χ4n) is 2.14. The summed E-state index contributed by atoms with van der Waals surface area (Å²) in [6.07, 6.45) is 1.62. The first-order valence-corrected chi connectivity index (χ1v) is 8.88. The fourth-order valence-corrected chi connectivity index (χ4v) is 4.34. The number of aryl methyl sites for hydroxylation is 2. The molecule has 0 spiro atoms. The van der Waals surface area contributed by atoms with Gasteiger partial charge in [0.05, 0.1) is 4.90 Å². The van der Waals surface area contributed by atoms with E-state index in [9.17, 15) is 8.42 Å². The minimum atomic E-state index is -3.63. The molecule has 1 aromatic carbocycles. The standard InChI is InChI=1S/C15H13IN2O2S/c1-10-3-6-12(7-4-10)21(19,20)18-9-14(16)13-8-5-11(2)17-15(13)18/h3-9H,1-2H3. The SMILES string of the molecule is Cc1ccc(S(=O)(=O)n2cc(I)c3ccc(C)nc32)cc1.